The van der Waals surface area contributed by atoms with E-state index < -0.39 is 5.60 Å². The fourth-order valence-electron chi connectivity index (χ4n) is 3.21. The summed E-state index contributed by atoms with van der Waals surface area (Å²) in [6, 6.07) is 3.51. The lowest BCUT2D eigenvalue weighted by molar-refractivity contribution is -0.0320. The number of hydrogen-bond donors (Lipinski definition) is 1. The van der Waals surface area contributed by atoms with Crippen LogP contribution in [0.2, 0.25) is 0 Å². The number of piperidine rings is 1. The van der Waals surface area contributed by atoms with Gasteiger partial charge in [0.05, 0.1) is 19.9 Å². The molecule has 1 fully saturated rings. The number of nitrogens with zero attached hydrogens (tertiary/aromatic N) is 5. The predicted molar refractivity (Wildman–Crippen MR) is 95.0 cm³/mol. The maximum Gasteiger partial charge on any atom is 0.254 e. The number of likely N-dealkylation sites (tertiary alicyclic amines) is 1. The summed E-state index contributed by atoms with van der Waals surface area (Å²) in [5.74, 6) is 0.253. The van der Waals surface area contributed by atoms with E-state index in [1.54, 1.807) is 27.9 Å². The number of carbonyl (C=O) groups is 1. The zero-order valence-corrected chi connectivity index (χ0v) is 15.6. The smallest absolute Gasteiger partial charge is 0.254 e. The topological polar surface area (TPSA) is 93.4 Å². The zero-order valence-electron chi connectivity index (χ0n) is 15.6. The lowest BCUT2D eigenvalue weighted by Gasteiger charge is -2.38. The van der Waals surface area contributed by atoms with Crippen LogP contribution in [-0.2, 0) is 5.60 Å². The molecule has 1 N–H and O–H groups in total. The van der Waals surface area contributed by atoms with Gasteiger partial charge in [-0.15, -0.1) is 5.10 Å². The van der Waals surface area contributed by atoms with E-state index in [9.17, 15) is 9.90 Å². The molecule has 2 aromatic rings. The molecule has 0 spiro atoms. The van der Waals surface area contributed by atoms with Crippen molar-refractivity contribution in [3.8, 4) is 5.88 Å². The third kappa shape index (κ3) is 3.55. The molecular formula is C18H25N5O3. The van der Waals surface area contributed by atoms with Gasteiger partial charge in [-0.1, -0.05) is 5.21 Å². The van der Waals surface area contributed by atoms with Crippen LogP contribution in [0, 0.1) is 6.92 Å². The number of rotatable bonds is 4. The highest BCUT2D eigenvalue weighted by Gasteiger charge is 2.39. The Morgan fingerprint density at radius 2 is 2.15 bits per heavy atom. The molecule has 0 aliphatic carbocycles. The summed E-state index contributed by atoms with van der Waals surface area (Å²) in [7, 11) is 1.52. The largest absolute Gasteiger partial charge is 0.481 e. The number of aliphatic hydroxyl groups is 1. The molecule has 2 aromatic heterocycles. The van der Waals surface area contributed by atoms with Gasteiger partial charge in [-0.2, -0.15) is 0 Å². The number of carbonyl (C=O) groups excluding carboxylic acids is 1. The molecule has 0 saturated carbocycles. The fourth-order valence-corrected chi connectivity index (χ4v) is 3.21. The van der Waals surface area contributed by atoms with Gasteiger partial charge in [-0.25, -0.2) is 9.67 Å². The van der Waals surface area contributed by atoms with Gasteiger partial charge in [0.2, 0.25) is 5.88 Å². The average molecular weight is 359 g/mol. The second kappa shape index (κ2) is 7.03. The molecule has 140 valence electrons. The lowest BCUT2D eigenvalue weighted by atomic mass is 9.89. The molecule has 8 nitrogen and oxygen atoms in total. The second-order valence-corrected chi connectivity index (χ2v) is 7.08. The van der Waals surface area contributed by atoms with Crippen molar-refractivity contribution in [1.29, 1.82) is 0 Å². The van der Waals surface area contributed by atoms with Crippen LogP contribution in [0.1, 0.15) is 54.5 Å². The van der Waals surface area contributed by atoms with E-state index in [1.807, 2.05) is 20.8 Å². The fraction of sp³-hybridized carbons (Fsp3) is 0.556. The van der Waals surface area contributed by atoms with E-state index in [0.29, 0.717) is 42.2 Å². The molecular weight excluding hydrogens is 334 g/mol. The van der Waals surface area contributed by atoms with Gasteiger partial charge in [0.25, 0.3) is 5.91 Å². The Morgan fingerprint density at radius 3 is 2.81 bits per heavy atom. The first kappa shape index (κ1) is 18.3. The predicted octanol–water partition coefficient (Wildman–Crippen LogP) is 1.69. The van der Waals surface area contributed by atoms with Crippen molar-refractivity contribution in [3.63, 3.8) is 0 Å². The van der Waals surface area contributed by atoms with Crippen molar-refractivity contribution in [2.45, 2.75) is 45.3 Å². The summed E-state index contributed by atoms with van der Waals surface area (Å²) in [6.45, 7) is 6.59. The minimum Gasteiger partial charge on any atom is -0.481 e. The van der Waals surface area contributed by atoms with Crippen molar-refractivity contribution in [3.05, 3.63) is 35.3 Å². The number of aromatic nitrogens is 4. The highest BCUT2D eigenvalue weighted by atomic mass is 16.5. The van der Waals surface area contributed by atoms with Crippen molar-refractivity contribution < 1.29 is 14.6 Å². The van der Waals surface area contributed by atoms with E-state index in [1.165, 1.54) is 7.11 Å². The number of amides is 1. The van der Waals surface area contributed by atoms with E-state index in [2.05, 4.69) is 15.3 Å². The number of methoxy groups -OCH3 is 1. The Balaban J connectivity index is 1.83. The molecule has 26 heavy (non-hydrogen) atoms. The molecule has 1 unspecified atom stereocenters. The monoisotopic (exact) mass is 359 g/mol. The van der Waals surface area contributed by atoms with Crippen molar-refractivity contribution in [1.82, 2.24) is 24.9 Å². The van der Waals surface area contributed by atoms with Gasteiger partial charge in [0, 0.05) is 29.9 Å². The van der Waals surface area contributed by atoms with Crippen LogP contribution in [0.4, 0.5) is 0 Å². The standard InChI is InChI=1S/C18H25N5O3/c1-12(2)23-10-15(20-21-23)18(25)6-5-7-22(11-18)17(24)14-8-13(3)19-16(9-14)26-4/h8-10,12,25H,5-7,11H2,1-4H3. The van der Waals surface area contributed by atoms with Gasteiger partial charge in [-0.05, 0) is 39.7 Å². The van der Waals surface area contributed by atoms with Crippen LogP contribution in [0.25, 0.3) is 0 Å². The zero-order chi connectivity index (χ0) is 18.9. The Morgan fingerprint density at radius 1 is 1.38 bits per heavy atom. The van der Waals surface area contributed by atoms with Crippen LogP contribution >= 0.6 is 0 Å². The average Bonchev–Trinajstić information content (AvgIpc) is 3.12. The summed E-state index contributed by atoms with van der Waals surface area (Å²) in [5, 5.41) is 19.3. The highest BCUT2D eigenvalue weighted by Crippen LogP contribution is 2.31. The van der Waals surface area contributed by atoms with Crippen LogP contribution in [-0.4, -0.2) is 56.1 Å². The van der Waals surface area contributed by atoms with Gasteiger partial charge in [0.15, 0.2) is 0 Å². The Labute approximate surface area is 152 Å². The van der Waals surface area contributed by atoms with Gasteiger partial charge in [0.1, 0.15) is 11.3 Å². The molecule has 0 radical (unpaired) electrons. The molecule has 1 amide bonds. The van der Waals surface area contributed by atoms with Crippen LogP contribution < -0.4 is 4.74 Å². The van der Waals surface area contributed by atoms with Crippen molar-refractivity contribution >= 4 is 5.91 Å². The van der Waals surface area contributed by atoms with E-state index >= 15 is 0 Å². The van der Waals surface area contributed by atoms with Crippen LogP contribution in [0.15, 0.2) is 18.3 Å². The number of β-amino-alcohol motifs (C(OH)–C–C–N with tert-alkyl or cyclic N) is 1. The molecule has 1 aliphatic rings. The van der Waals surface area contributed by atoms with Crippen LogP contribution in [0.5, 0.6) is 5.88 Å². The molecule has 1 atom stereocenters. The SMILES string of the molecule is COc1cc(C(=O)N2CCCC(O)(c3cn(C(C)C)nn3)C2)cc(C)n1. The summed E-state index contributed by atoms with van der Waals surface area (Å²) in [6.07, 6.45) is 3.00. The normalized spacial score (nSPS) is 20.5. The van der Waals surface area contributed by atoms with Crippen LogP contribution in [0.3, 0.4) is 0 Å². The minimum absolute atomic E-state index is 0.150. The molecule has 1 saturated heterocycles. The second-order valence-electron chi connectivity index (χ2n) is 7.08. The number of hydrogen-bond acceptors (Lipinski definition) is 6. The Bertz CT molecular complexity index is 804. The maximum atomic E-state index is 12.9. The third-order valence-electron chi connectivity index (χ3n) is 4.66. The van der Waals surface area contributed by atoms with E-state index in [4.69, 9.17) is 4.74 Å². The molecule has 0 aromatic carbocycles. The molecule has 1 aliphatic heterocycles. The highest BCUT2D eigenvalue weighted by molar-refractivity contribution is 5.94. The van der Waals surface area contributed by atoms with Crippen molar-refractivity contribution in [2.24, 2.45) is 0 Å². The quantitative estimate of drug-likeness (QED) is 0.893. The summed E-state index contributed by atoms with van der Waals surface area (Å²) >= 11 is 0. The maximum absolute atomic E-state index is 12.9. The Hall–Kier alpha value is -2.48. The molecule has 0 bridgehead atoms. The van der Waals surface area contributed by atoms with E-state index in [-0.39, 0.29) is 18.5 Å². The van der Waals surface area contributed by atoms with Gasteiger partial charge >= 0.3 is 0 Å². The molecule has 3 rings (SSSR count). The summed E-state index contributed by atoms with van der Waals surface area (Å²) < 4.78 is 6.87. The summed E-state index contributed by atoms with van der Waals surface area (Å²) in [4.78, 5) is 18.8. The minimum atomic E-state index is -1.19. The number of aryl methyl sites for hydroxylation is 1. The first-order chi connectivity index (χ1) is 12.3. The Kier molecular flexibility index (Phi) is 4.95. The van der Waals surface area contributed by atoms with Gasteiger partial charge < -0.3 is 14.7 Å². The first-order valence-electron chi connectivity index (χ1n) is 8.79. The molecule has 8 heteroatoms. The lowest BCUT2D eigenvalue weighted by Crippen LogP contribution is -2.48. The third-order valence-corrected chi connectivity index (χ3v) is 4.66. The van der Waals surface area contributed by atoms with Gasteiger partial charge in [-0.3, -0.25) is 4.79 Å². The summed E-state index contributed by atoms with van der Waals surface area (Å²) in [5.41, 5.74) is 0.532. The van der Waals surface area contributed by atoms with E-state index in [0.717, 1.165) is 0 Å². The number of ether oxygens (including phenoxy) is 1. The van der Waals surface area contributed by atoms with Crippen molar-refractivity contribution in [2.75, 3.05) is 20.2 Å². The first-order valence-corrected chi connectivity index (χ1v) is 8.79. The molecule has 3 heterocycles. The number of pyridine rings is 1.